The van der Waals surface area contributed by atoms with E-state index in [0.29, 0.717) is 42.3 Å². The Labute approximate surface area is 218 Å². The zero-order valence-electron chi connectivity index (χ0n) is 19.2. The first-order chi connectivity index (χ1) is 17.0. The van der Waals surface area contributed by atoms with Crippen molar-refractivity contribution in [3.63, 3.8) is 0 Å². The van der Waals surface area contributed by atoms with Crippen molar-refractivity contribution in [2.45, 2.75) is 41.9 Å². The summed E-state index contributed by atoms with van der Waals surface area (Å²) in [6.45, 7) is 0.630. The number of rotatable bonds is 4. The predicted octanol–water partition coefficient (Wildman–Crippen LogP) is 2.99. The highest BCUT2D eigenvalue weighted by Crippen LogP contribution is 2.48. The van der Waals surface area contributed by atoms with Crippen LogP contribution in [0, 0.1) is 5.92 Å². The molecule has 3 saturated heterocycles. The summed E-state index contributed by atoms with van der Waals surface area (Å²) in [6, 6.07) is 12.7. The quantitative estimate of drug-likeness (QED) is 0.584. The fourth-order valence-corrected chi connectivity index (χ4v) is 7.00. The third-order valence-corrected chi connectivity index (χ3v) is 9.46. The van der Waals surface area contributed by atoms with Crippen molar-refractivity contribution >= 4 is 56.4 Å². The fourth-order valence-electron chi connectivity index (χ4n) is 4.65. The number of benzene rings is 2. The van der Waals surface area contributed by atoms with Gasteiger partial charge in [-0.25, -0.2) is 8.42 Å². The maximum absolute atomic E-state index is 13.3. The van der Waals surface area contributed by atoms with Crippen molar-refractivity contribution in [1.29, 1.82) is 0 Å². The van der Waals surface area contributed by atoms with Crippen molar-refractivity contribution in [3.8, 4) is 0 Å². The minimum absolute atomic E-state index is 0.000787. The lowest BCUT2D eigenvalue weighted by atomic mass is 9.93. The third-order valence-electron chi connectivity index (χ3n) is 6.61. The molecular weight excluding hydrogens is 527 g/mol. The number of β-lactam (4-membered cyclic amide) rings is 1. The minimum atomic E-state index is -4.06. The highest BCUT2D eigenvalue weighted by atomic mass is 35.5. The van der Waals surface area contributed by atoms with E-state index in [-0.39, 0.29) is 35.5 Å². The van der Waals surface area contributed by atoms with E-state index in [4.69, 9.17) is 23.2 Å². The molecule has 3 heterocycles. The van der Waals surface area contributed by atoms with Crippen LogP contribution in [0.3, 0.4) is 0 Å². The second-order valence-corrected chi connectivity index (χ2v) is 12.0. The van der Waals surface area contributed by atoms with Crippen LogP contribution in [0.15, 0.2) is 53.4 Å². The first-order valence-electron chi connectivity index (χ1n) is 11.4. The Bertz CT molecular complexity index is 1300. The second kappa shape index (κ2) is 10.3. The molecule has 0 aromatic heterocycles. The molecule has 0 spiro atoms. The first-order valence-corrected chi connectivity index (χ1v) is 13.7. The largest absolute Gasteiger partial charge is 0.356 e. The van der Waals surface area contributed by atoms with Crippen molar-refractivity contribution in [1.82, 2.24) is 10.2 Å². The number of hydrogen-bond donors (Lipinski definition) is 1. The average Bonchev–Trinajstić information content (AvgIpc) is 2.93. The Morgan fingerprint density at radius 3 is 2.11 bits per heavy atom. The summed E-state index contributed by atoms with van der Waals surface area (Å²) in [5.41, 5.74) is 0.867. The summed E-state index contributed by atoms with van der Waals surface area (Å²) in [7, 11) is -4.06. The van der Waals surface area contributed by atoms with Crippen molar-refractivity contribution < 1.29 is 27.6 Å². The fraction of sp³-hybridized carbons (Fsp3) is 0.360. The number of amides is 2. The molecule has 2 aromatic rings. The Morgan fingerprint density at radius 2 is 1.50 bits per heavy atom. The lowest BCUT2D eigenvalue weighted by molar-refractivity contribution is -0.150. The molecule has 36 heavy (non-hydrogen) atoms. The molecular formula is C25H24Cl2N2O6S. The normalized spacial score (nSPS) is 23.7. The van der Waals surface area contributed by atoms with Gasteiger partial charge in [-0.05, 0) is 48.4 Å². The molecule has 3 aliphatic heterocycles. The lowest BCUT2D eigenvalue weighted by Gasteiger charge is -2.44. The number of sulfone groups is 1. The summed E-state index contributed by atoms with van der Waals surface area (Å²) in [5.74, 6) is -1.12. The SMILES string of the molecule is O=C1CC2(S(=O)(=O)c3ccc(Cl)cc3)C(=O)C(Cc3ccc(Cl)cc3)CN12.O=C1CCNC(=O)CC1. The molecule has 0 bridgehead atoms. The van der Waals surface area contributed by atoms with Gasteiger partial charge >= 0.3 is 0 Å². The highest BCUT2D eigenvalue weighted by molar-refractivity contribution is 7.93. The van der Waals surface area contributed by atoms with Gasteiger partial charge in [0.15, 0.2) is 5.78 Å². The molecule has 0 radical (unpaired) electrons. The number of carbonyl (C=O) groups excluding carboxylic acids is 4. The maximum atomic E-state index is 13.3. The molecule has 5 rings (SSSR count). The van der Waals surface area contributed by atoms with E-state index < -0.39 is 26.4 Å². The van der Waals surface area contributed by atoms with E-state index in [1.807, 2.05) is 0 Å². The minimum Gasteiger partial charge on any atom is -0.356 e. The third kappa shape index (κ3) is 4.92. The monoisotopic (exact) mass is 550 g/mol. The van der Waals surface area contributed by atoms with Crippen LogP contribution in [0.1, 0.15) is 31.2 Å². The van der Waals surface area contributed by atoms with Crippen LogP contribution in [0.4, 0.5) is 0 Å². The summed E-state index contributed by atoms with van der Waals surface area (Å²) in [4.78, 5) is 45.9. The van der Waals surface area contributed by atoms with Crippen molar-refractivity contribution in [2.24, 2.45) is 5.92 Å². The molecule has 11 heteroatoms. The second-order valence-electron chi connectivity index (χ2n) is 8.95. The molecule has 2 unspecified atom stereocenters. The number of fused-ring (bicyclic) bond motifs is 1. The predicted molar refractivity (Wildman–Crippen MR) is 133 cm³/mol. The molecule has 3 aliphatic rings. The van der Waals surface area contributed by atoms with Gasteiger partial charge in [0.25, 0.3) is 0 Å². The lowest BCUT2D eigenvalue weighted by Crippen LogP contribution is -2.67. The van der Waals surface area contributed by atoms with E-state index in [0.717, 1.165) is 5.56 Å². The van der Waals surface area contributed by atoms with E-state index in [9.17, 15) is 27.6 Å². The molecule has 0 saturated carbocycles. The molecule has 1 N–H and O–H groups in total. The van der Waals surface area contributed by atoms with Gasteiger partial charge in [-0.2, -0.15) is 0 Å². The van der Waals surface area contributed by atoms with Crippen LogP contribution in [-0.2, 0) is 35.4 Å². The molecule has 2 aromatic carbocycles. The summed E-state index contributed by atoms with van der Waals surface area (Å²) in [5, 5.41) is 3.59. The van der Waals surface area contributed by atoms with E-state index in [1.165, 1.54) is 29.2 Å². The van der Waals surface area contributed by atoms with Gasteiger partial charge in [-0.15, -0.1) is 0 Å². The Morgan fingerprint density at radius 1 is 0.889 bits per heavy atom. The van der Waals surface area contributed by atoms with Crippen LogP contribution < -0.4 is 5.32 Å². The summed E-state index contributed by atoms with van der Waals surface area (Å²) in [6.07, 6.45) is 1.35. The number of halogens is 2. The van der Waals surface area contributed by atoms with Gasteiger partial charge in [0.1, 0.15) is 5.78 Å². The van der Waals surface area contributed by atoms with Crippen LogP contribution >= 0.6 is 23.2 Å². The number of nitrogens with one attached hydrogen (secondary N) is 1. The Kier molecular flexibility index (Phi) is 7.54. The van der Waals surface area contributed by atoms with Crippen molar-refractivity contribution in [3.05, 3.63) is 64.1 Å². The van der Waals surface area contributed by atoms with Gasteiger partial charge in [0.05, 0.1) is 11.3 Å². The number of hydrogen-bond acceptors (Lipinski definition) is 6. The zero-order valence-corrected chi connectivity index (χ0v) is 21.5. The highest BCUT2D eigenvalue weighted by Gasteiger charge is 2.70. The molecule has 190 valence electrons. The Hall–Kier alpha value is -2.75. The molecule has 8 nitrogen and oxygen atoms in total. The number of nitrogens with zero attached hydrogens (tertiary/aromatic N) is 1. The zero-order chi connectivity index (χ0) is 26.1. The molecule has 2 amide bonds. The first kappa shape index (κ1) is 26.3. The topological polar surface area (TPSA) is 118 Å². The van der Waals surface area contributed by atoms with E-state index in [1.54, 1.807) is 24.3 Å². The smallest absolute Gasteiger partial charge is 0.228 e. The van der Waals surface area contributed by atoms with Gasteiger partial charge in [0, 0.05) is 48.3 Å². The van der Waals surface area contributed by atoms with E-state index in [2.05, 4.69) is 5.32 Å². The van der Waals surface area contributed by atoms with Crippen molar-refractivity contribution in [2.75, 3.05) is 13.1 Å². The van der Waals surface area contributed by atoms with Crippen LogP contribution in [0.5, 0.6) is 0 Å². The number of Topliss-reactive ketones (excluding diaryl/α,β-unsaturated/α-hetero) is 2. The number of ketones is 2. The maximum Gasteiger partial charge on any atom is 0.228 e. The van der Waals surface area contributed by atoms with Gasteiger partial charge in [-0.1, -0.05) is 35.3 Å². The molecule has 0 aliphatic carbocycles. The van der Waals surface area contributed by atoms with Crippen LogP contribution in [-0.4, -0.2) is 54.7 Å². The summed E-state index contributed by atoms with van der Waals surface area (Å²) < 4.78 is 26.5. The summed E-state index contributed by atoms with van der Waals surface area (Å²) >= 11 is 11.7. The van der Waals surface area contributed by atoms with E-state index >= 15 is 0 Å². The van der Waals surface area contributed by atoms with Gasteiger partial charge < -0.3 is 10.2 Å². The van der Waals surface area contributed by atoms with Gasteiger partial charge in [0.2, 0.25) is 26.5 Å². The number of carbonyl (C=O) groups is 4. The average molecular weight is 551 g/mol. The molecule has 3 fully saturated rings. The van der Waals surface area contributed by atoms with Crippen LogP contribution in [0.2, 0.25) is 10.0 Å². The molecule has 2 atom stereocenters. The van der Waals surface area contributed by atoms with Crippen LogP contribution in [0.25, 0.3) is 0 Å². The Balaban J connectivity index is 0.000000286. The van der Waals surface area contributed by atoms with Gasteiger partial charge in [-0.3, -0.25) is 19.2 Å². The standard InChI is InChI=1S/C19H15Cl2NO4S.C6H9NO2/c20-14-3-1-12(2-4-14)9-13-11-22-17(23)10-19(22,18(13)24)27(25,26)16-7-5-15(21)6-8-16;8-5-1-2-6(9)7-4-3-5/h1-8,13H,9-11H2;1-4H2,(H,7,9).